The molecule has 1 atom stereocenters. The number of rotatable bonds is 3. The molecule has 0 saturated carbocycles. The molecule has 70 valence electrons. The standard InChI is InChI=1S/C8H13NO2.ClH/c1-2-7(9)8-4-3-6(5-10)11-8;/h3-4,7,10H,2,5,9H2,1H3;1H/t7-;/m1./s1. The molecule has 0 radical (unpaired) electrons. The summed E-state index contributed by atoms with van der Waals surface area (Å²) < 4.78 is 5.21. The van der Waals surface area contributed by atoms with E-state index in [1.54, 1.807) is 12.1 Å². The van der Waals surface area contributed by atoms with Crippen LogP contribution in [0.25, 0.3) is 0 Å². The van der Waals surface area contributed by atoms with Crippen LogP contribution in [-0.2, 0) is 6.61 Å². The predicted octanol–water partition coefficient (Wildman–Crippen LogP) is 1.60. The Labute approximate surface area is 78.0 Å². The summed E-state index contributed by atoms with van der Waals surface area (Å²) in [5, 5.41) is 8.67. The second-order valence-corrected chi connectivity index (χ2v) is 2.48. The molecule has 0 unspecified atom stereocenters. The first-order valence-electron chi connectivity index (χ1n) is 3.73. The average Bonchev–Trinajstić information content (AvgIpc) is 2.50. The van der Waals surface area contributed by atoms with Crippen LogP contribution in [0.5, 0.6) is 0 Å². The molecule has 0 aliphatic rings. The predicted molar refractivity (Wildman–Crippen MR) is 49.1 cm³/mol. The summed E-state index contributed by atoms with van der Waals surface area (Å²) in [4.78, 5) is 0. The lowest BCUT2D eigenvalue weighted by Crippen LogP contribution is -2.06. The fourth-order valence-corrected chi connectivity index (χ4v) is 0.880. The normalized spacial score (nSPS) is 12.2. The third kappa shape index (κ3) is 2.52. The van der Waals surface area contributed by atoms with E-state index in [9.17, 15) is 0 Å². The molecule has 1 aromatic heterocycles. The van der Waals surface area contributed by atoms with Gasteiger partial charge in [0.05, 0.1) is 6.04 Å². The zero-order valence-corrected chi connectivity index (χ0v) is 7.80. The van der Waals surface area contributed by atoms with Crippen LogP contribution >= 0.6 is 12.4 Å². The number of halogens is 1. The van der Waals surface area contributed by atoms with Gasteiger partial charge < -0.3 is 15.3 Å². The summed E-state index contributed by atoms with van der Waals surface area (Å²) in [6, 6.07) is 3.50. The molecule has 1 heterocycles. The number of hydrogen-bond acceptors (Lipinski definition) is 3. The maximum Gasteiger partial charge on any atom is 0.129 e. The van der Waals surface area contributed by atoms with Crippen LogP contribution in [0.2, 0.25) is 0 Å². The van der Waals surface area contributed by atoms with Crippen molar-refractivity contribution in [3.63, 3.8) is 0 Å². The largest absolute Gasteiger partial charge is 0.462 e. The summed E-state index contributed by atoms with van der Waals surface area (Å²) in [5.41, 5.74) is 5.69. The van der Waals surface area contributed by atoms with E-state index >= 15 is 0 Å². The average molecular weight is 192 g/mol. The maximum absolute atomic E-state index is 8.67. The van der Waals surface area contributed by atoms with Crippen LogP contribution in [0.15, 0.2) is 16.5 Å². The molecule has 4 heteroatoms. The fourth-order valence-electron chi connectivity index (χ4n) is 0.880. The van der Waals surface area contributed by atoms with Gasteiger partial charge in [0, 0.05) is 0 Å². The zero-order valence-electron chi connectivity index (χ0n) is 6.99. The van der Waals surface area contributed by atoms with E-state index < -0.39 is 0 Å². The van der Waals surface area contributed by atoms with Gasteiger partial charge >= 0.3 is 0 Å². The first-order valence-corrected chi connectivity index (χ1v) is 3.73. The highest BCUT2D eigenvalue weighted by Crippen LogP contribution is 2.16. The van der Waals surface area contributed by atoms with Gasteiger partial charge in [-0.3, -0.25) is 0 Å². The first kappa shape index (κ1) is 11.5. The molecule has 1 rings (SSSR count). The molecule has 12 heavy (non-hydrogen) atoms. The SMILES string of the molecule is CC[C@@H](N)c1ccc(CO)o1.Cl. The van der Waals surface area contributed by atoms with Crippen molar-refractivity contribution in [2.45, 2.75) is 26.0 Å². The van der Waals surface area contributed by atoms with Crippen molar-refractivity contribution >= 4 is 12.4 Å². The topological polar surface area (TPSA) is 59.4 Å². The van der Waals surface area contributed by atoms with Crippen LogP contribution in [0, 0.1) is 0 Å². The van der Waals surface area contributed by atoms with Gasteiger partial charge in [-0.2, -0.15) is 0 Å². The Bertz CT molecular complexity index is 225. The number of furan rings is 1. The van der Waals surface area contributed by atoms with E-state index in [0.717, 1.165) is 12.2 Å². The van der Waals surface area contributed by atoms with E-state index in [-0.39, 0.29) is 25.1 Å². The van der Waals surface area contributed by atoms with Crippen molar-refractivity contribution in [3.05, 3.63) is 23.7 Å². The molecule has 1 aromatic rings. The smallest absolute Gasteiger partial charge is 0.129 e. The van der Waals surface area contributed by atoms with Crippen LogP contribution in [-0.4, -0.2) is 5.11 Å². The van der Waals surface area contributed by atoms with E-state index in [1.807, 2.05) is 6.92 Å². The van der Waals surface area contributed by atoms with Crippen LogP contribution in [0.1, 0.15) is 30.9 Å². The van der Waals surface area contributed by atoms with Gasteiger partial charge in [-0.1, -0.05) is 6.92 Å². The van der Waals surface area contributed by atoms with E-state index in [0.29, 0.717) is 5.76 Å². The van der Waals surface area contributed by atoms with Crippen molar-refractivity contribution in [2.24, 2.45) is 5.73 Å². The van der Waals surface area contributed by atoms with Gasteiger partial charge in [-0.25, -0.2) is 0 Å². The van der Waals surface area contributed by atoms with Gasteiger partial charge in [-0.15, -0.1) is 12.4 Å². The van der Waals surface area contributed by atoms with Crippen molar-refractivity contribution in [1.82, 2.24) is 0 Å². The van der Waals surface area contributed by atoms with Gasteiger partial charge in [-0.05, 0) is 18.6 Å². The molecule has 0 fully saturated rings. The van der Waals surface area contributed by atoms with Crippen LogP contribution in [0.3, 0.4) is 0 Å². The lowest BCUT2D eigenvalue weighted by Gasteiger charge is -2.02. The molecule has 0 bridgehead atoms. The summed E-state index contributed by atoms with van der Waals surface area (Å²) >= 11 is 0. The molecular formula is C8H14ClNO2. The number of aliphatic hydroxyl groups excluding tert-OH is 1. The van der Waals surface area contributed by atoms with Gasteiger partial charge in [0.2, 0.25) is 0 Å². The molecule has 0 spiro atoms. The number of aliphatic hydroxyl groups is 1. The first-order chi connectivity index (χ1) is 5.27. The van der Waals surface area contributed by atoms with Crippen molar-refractivity contribution in [1.29, 1.82) is 0 Å². The quantitative estimate of drug-likeness (QED) is 0.763. The number of nitrogens with two attached hydrogens (primary N) is 1. The molecule has 0 aliphatic carbocycles. The summed E-state index contributed by atoms with van der Waals surface area (Å²) in [6.45, 7) is 1.93. The Morgan fingerprint density at radius 2 is 2.25 bits per heavy atom. The minimum absolute atomic E-state index is 0. The third-order valence-corrected chi connectivity index (χ3v) is 1.64. The molecule has 0 aromatic carbocycles. The Morgan fingerprint density at radius 3 is 2.67 bits per heavy atom. The van der Waals surface area contributed by atoms with E-state index in [1.165, 1.54) is 0 Å². The maximum atomic E-state index is 8.67. The Morgan fingerprint density at radius 1 is 1.58 bits per heavy atom. The van der Waals surface area contributed by atoms with Crippen LogP contribution < -0.4 is 5.73 Å². The Kier molecular flexibility index (Phi) is 4.97. The highest BCUT2D eigenvalue weighted by atomic mass is 35.5. The summed E-state index contributed by atoms with van der Waals surface area (Å²) in [7, 11) is 0. The summed E-state index contributed by atoms with van der Waals surface area (Å²) in [6.07, 6.45) is 0.846. The fraction of sp³-hybridized carbons (Fsp3) is 0.500. The molecular weight excluding hydrogens is 178 g/mol. The van der Waals surface area contributed by atoms with Crippen molar-refractivity contribution in [2.75, 3.05) is 0 Å². The van der Waals surface area contributed by atoms with E-state index in [4.69, 9.17) is 15.3 Å². The minimum Gasteiger partial charge on any atom is -0.462 e. The lowest BCUT2D eigenvalue weighted by atomic mass is 10.2. The molecule has 3 nitrogen and oxygen atoms in total. The highest BCUT2D eigenvalue weighted by Gasteiger charge is 2.07. The van der Waals surface area contributed by atoms with E-state index in [2.05, 4.69) is 0 Å². The monoisotopic (exact) mass is 191 g/mol. The highest BCUT2D eigenvalue weighted by molar-refractivity contribution is 5.85. The Balaban J connectivity index is 0.00000121. The van der Waals surface area contributed by atoms with Crippen molar-refractivity contribution in [3.8, 4) is 0 Å². The zero-order chi connectivity index (χ0) is 8.27. The summed E-state index contributed by atoms with van der Waals surface area (Å²) in [5.74, 6) is 1.32. The van der Waals surface area contributed by atoms with Crippen LogP contribution in [0.4, 0.5) is 0 Å². The van der Waals surface area contributed by atoms with Gasteiger partial charge in [0.1, 0.15) is 18.1 Å². The molecule has 0 aliphatic heterocycles. The molecule has 0 saturated heterocycles. The second-order valence-electron chi connectivity index (χ2n) is 2.48. The third-order valence-electron chi connectivity index (χ3n) is 1.64. The minimum atomic E-state index is -0.0591. The molecule has 0 amide bonds. The lowest BCUT2D eigenvalue weighted by molar-refractivity contribution is 0.241. The van der Waals surface area contributed by atoms with Gasteiger partial charge in [0.25, 0.3) is 0 Å². The Hall–Kier alpha value is -0.510. The molecule has 3 N–H and O–H groups in total. The van der Waals surface area contributed by atoms with Crippen molar-refractivity contribution < 1.29 is 9.52 Å². The number of hydrogen-bond donors (Lipinski definition) is 2. The van der Waals surface area contributed by atoms with Gasteiger partial charge in [0.15, 0.2) is 0 Å². The second kappa shape index (κ2) is 5.19.